The van der Waals surface area contributed by atoms with Gasteiger partial charge in [-0.2, -0.15) is 0 Å². The van der Waals surface area contributed by atoms with E-state index in [2.05, 4.69) is 10.6 Å². The van der Waals surface area contributed by atoms with E-state index in [-0.39, 0.29) is 47.4 Å². The summed E-state index contributed by atoms with van der Waals surface area (Å²) < 4.78 is 5.45. The van der Waals surface area contributed by atoms with Gasteiger partial charge in [0.2, 0.25) is 23.6 Å². The number of benzene rings is 1. The second-order valence-electron chi connectivity index (χ2n) is 11.8. The zero-order chi connectivity index (χ0) is 27.4. The Balaban J connectivity index is 1.27. The maximum atomic E-state index is 13.7. The van der Waals surface area contributed by atoms with Crippen LogP contribution >= 0.6 is 0 Å². The Morgan fingerprint density at radius 2 is 1.77 bits per heavy atom. The minimum atomic E-state index is -0.686. The van der Waals surface area contributed by atoms with E-state index in [0.717, 1.165) is 24.8 Å². The quantitative estimate of drug-likeness (QED) is 0.609. The molecule has 2 bridgehead atoms. The second-order valence-corrected chi connectivity index (χ2v) is 11.8. The zero-order valence-electron chi connectivity index (χ0n) is 23.0. The fourth-order valence-electron chi connectivity index (χ4n) is 6.94. The Morgan fingerprint density at radius 1 is 1.00 bits per heavy atom. The number of ether oxygens (including phenoxy) is 1. The van der Waals surface area contributed by atoms with Gasteiger partial charge < -0.3 is 25.2 Å². The first kappa shape index (κ1) is 27.6. The highest BCUT2D eigenvalue weighted by molar-refractivity contribution is 5.92. The predicted octanol–water partition coefficient (Wildman–Crippen LogP) is 1.89. The van der Waals surface area contributed by atoms with Crippen LogP contribution < -0.4 is 10.6 Å². The molecule has 9 nitrogen and oxygen atoms in total. The first-order valence-corrected chi connectivity index (χ1v) is 14.7. The van der Waals surface area contributed by atoms with Crippen molar-refractivity contribution in [3.05, 3.63) is 35.9 Å². The first-order chi connectivity index (χ1) is 18.9. The molecule has 0 aliphatic carbocycles. The molecule has 212 valence electrons. The summed E-state index contributed by atoms with van der Waals surface area (Å²) in [4.78, 5) is 57.1. The molecule has 1 aromatic carbocycles. The lowest BCUT2D eigenvalue weighted by Crippen LogP contribution is -2.63. The number of nitrogens with zero attached hydrogens (tertiary/aromatic N) is 2. The molecule has 0 aromatic heterocycles. The average molecular weight is 539 g/mol. The number of carbonyl (C=O) groups excluding carboxylic acids is 4. The molecule has 0 saturated carbocycles. The van der Waals surface area contributed by atoms with Crippen molar-refractivity contribution < 1.29 is 23.9 Å². The average Bonchev–Trinajstić information content (AvgIpc) is 2.95. The Kier molecular flexibility index (Phi) is 8.85. The molecule has 0 unspecified atom stereocenters. The molecule has 0 spiro atoms. The van der Waals surface area contributed by atoms with Gasteiger partial charge in [0.15, 0.2) is 0 Å². The summed E-state index contributed by atoms with van der Waals surface area (Å²) >= 11 is 0. The number of fused-ring (bicyclic) bond motifs is 4. The Morgan fingerprint density at radius 3 is 2.54 bits per heavy atom. The minimum Gasteiger partial charge on any atom is -0.381 e. The summed E-state index contributed by atoms with van der Waals surface area (Å²) in [7, 11) is 0. The van der Waals surface area contributed by atoms with Gasteiger partial charge in [-0.05, 0) is 69.3 Å². The van der Waals surface area contributed by atoms with E-state index in [4.69, 9.17) is 4.74 Å². The van der Waals surface area contributed by atoms with Crippen molar-refractivity contribution in [2.24, 2.45) is 17.8 Å². The Bertz CT molecular complexity index is 1040. The van der Waals surface area contributed by atoms with Crippen LogP contribution in [0.4, 0.5) is 0 Å². The number of aryl methyl sites for hydroxylation is 1. The van der Waals surface area contributed by atoms with Crippen LogP contribution in [0.25, 0.3) is 0 Å². The smallest absolute Gasteiger partial charge is 0.245 e. The van der Waals surface area contributed by atoms with Crippen LogP contribution in [-0.4, -0.2) is 84.4 Å². The molecule has 4 saturated heterocycles. The summed E-state index contributed by atoms with van der Waals surface area (Å²) in [6.07, 6.45) is 5.32. The van der Waals surface area contributed by atoms with E-state index in [1.54, 1.807) is 6.92 Å². The number of nitrogens with one attached hydrogen (secondary N) is 2. The highest BCUT2D eigenvalue weighted by Crippen LogP contribution is 2.37. The lowest BCUT2D eigenvalue weighted by atomic mass is 9.76. The zero-order valence-corrected chi connectivity index (χ0v) is 23.0. The fraction of sp³-hybridized carbons (Fsp3) is 0.667. The molecular weight excluding hydrogens is 496 g/mol. The molecule has 0 radical (unpaired) electrons. The third-order valence-electron chi connectivity index (χ3n) is 8.98. The molecule has 4 aliphatic rings. The van der Waals surface area contributed by atoms with Crippen molar-refractivity contribution in [2.45, 2.75) is 76.4 Å². The minimum absolute atomic E-state index is 0.0281. The van der Waals surface area contributed by atoms with E-state index in [0.29, 0.717) is 65.0 Å². The van der Waals surface area contributed by atoms with Crippen LogP contribution in [0.15, 0.2) is 30.3 Å². The third-order valence-corrected chi connectivity index (χ3v) is 8.98. The molecule has 2 N–H and O–H groups in total. The van der Waals surface area contributed by atoms with Crippen LogP contribution in [-0.2, 0) is 30.3 Å². The molecule has 4 amide bonds. The standard InChI is InChI=1S/C30H42N4O5/c1-20-29(37)34-18-22-16-24(19-33(17-22)30(38)23-12-14-39-15-13-23)26(34)8-5-9-27(35)32-25(28(36)31-20)11-10-21-6-3-2-4-7-21/h2-4,6-7,20,22-26H,5,8-19H2,1H3,(H,31,36)(H,32,35)/t20-,22+,24-,25+,26+/m1/s1. The van der Waals surface area contributed by atoms with Gasteiger partial charge in [0.25, 0.3) is 0 Å². The molecule has 9 heteroatoms. The van der Waals surface area contributed by atoms with Gasteiger partial charge in [-0.15, -0.1) is 0 Å². The largest absolute Gasteiger partial charge is 0.381 e. The van der Waals surface area contributed by atoms with E-state index in [1.807, 2.05) is 40.1 Å². The molecule has 4 aliphatic heterocycles. The van der Waals surface area contributed by atoms with Crippen LogP contribution in [0.2, 0.25) is 0 Å². The summed E-state index contributed by atoms with van der Waals surface area (Å²) in [5, 5.41) is 5.83. The summed E-state index contributed by atoms with van der Waals surface area (Å²) in [5.74, 6) is 0.137. The molecular formula is C30H42N4O5. The van der Waals surface area contributed by atoms with Gasteiger partial charge in [0, 0.05) is 51.2 Å². The summed E-state index contributed by atoms with van der Waals surface area (Å²) in [5.41, 5.74) is 1.10. The number of hydrogen-bond acceptors (Lipinski definition) is 5. The van der Waals surface area contributed by atoms with Crippen LogP contribution in [0.5, 0.6) is 0 Å². The summed E-state index contributed by atoms with van der Waals surface area (Å²) in [6, 6.07) is 8.47. The van der Waals surface area contributed by atoms with E-state index < -0.39 is 12.1 Å². The van der Waals surface area contributed by atoms with Crippen LogP contribution in [0, 0.1) is 17.8 Å². The maximum absolute atomic E-state index is 13.7. The normalized spacial score (nSPS) is 30.9. The van der Waals surface area contributed by atoms with Crippen molar-refractivity contribution in [2.75, 3.05) is 32.8 Å². The van der Waals surface area contributed by atoms with E-state index >= 15 is 0 Å². The number of carbonyl (C=O) groups is 4. The molecule has 4 fully saturated rings. The van der Waals surface area contributed by atoms with Crippen LogP contribution in [0.1, 0.15) is 57.4 Å². The number of piperidine rings is 2. The van der Waals surface area contributed by atoms with Crippen molar-refractivity contribution in [1.29, 1.82) is 0 Å². The third kappa shape index (κ3) is 6.62. The Labute approximate surface area is 231 Å². The molecule has 39 heavy (non-hydrogen) atoms. The first-order valence-electron chi connectivity index (χ1n) is 14.7. The number of amides is 4. The van der Waals surface area contributed by atoms with Crippen molar-refractivity contribution in [1.82, 2.24) is 20.4 Å². The number of likely N-dealkylation sites (tertiary alicyclic amines) is 1. The Hall–Kier alpha value is -2.94. The topological polar surface area (TPSA) is 108 Å². The van der Waals surface area contributed by atoms with Crippen molar-refractivity contribution >= 4 is 23.6 Å². The summed E-state index contributed by atoms with van der Waals surface area (Å²) in [6.45, 7) is 4.93. The van der Waals surface area contributed by atoms with Gasteiger partial charge in [-0.25, -0.2) is 0 Å². The van der Waals surface area contributed by atoms with Gasteiger partial charge >= 0.3 is 0 Å². The SMILES string of the molecule is C[C@H]1NC(=O)[C@H](CCc2ccccc2)NC(=O)CCC[C@H]2[C@@H]3C[C@@H](CN(C(=O)C4CCOCC4)C3)CN2C1=O. The molecule has 1 aromatic rings. The molecule has 5 atom stereocenters. The van der Waals surface area contributed by atoms with Gasteiger partial charge in [0.05, 0.1) is 0 Å². The molecule has 5 rings (SSSR count). The van der Waals surface area contributed by atoms with Crippen molar-refractivity contribution in [3.63, 3.8) is 0 Å². The van der Waals surface area contributed by atoms with E-state index in [1.165, 1.54) is 0 Å². The number of rotatable bonds is 4. The highest BCUT2D eigenvalue weighted by Gasteiger charge is 2.45. The lowest BCUT2D eigenvalue weighted by Gasteiger charge is -2.52. The monoisotopic (exact) mass is 538 g/mol. The van der Waals surface area contributed by atoms with E-state index in [9.17, 15) is 19.2 Å². The van der Waals surface area contributed by atoms with Gasteiger partial charge in [-0.1, -0.05) is 30.3 Å². The number of hydrogen-bond donors (Lipinski definition) is 2. The molecule has 4 heterocycles. The fourth-order valence-corrected chi connectivity index (χ4v) is 6.94. The highest BCUT2D eigenvalue weighted by atomic mass is 16.5. The van der Waals surface area contributed by atoms with Gasteiger partial charge in [-0.3, -0.25) is 19.2 Å². The second kappa shape index (κ2) is 12.5. The van der Waals surface area contributed by atoms with Crippen molar-refractivity contribution in [3.8, 4) is 0 Å². The maximum Gasteiger partial charge on any atom is 0.245 e. The lowest BCUT2D eigenvalue weighted by molar-refractivity contribution is -0.151. The predicted molar refractivity (Wildman–Crippen MR) is 145 cm³/mol. The van der Waals surface area contributed by atoms with Crippen LogP contribution in [0.3, 0.4) is 0 Å². The van der Waals surface area contributed by atoms with Gasteiger partial charge in [0.1, 0.15) is 12.1 Å².